The summed E-state index contributed by atoms with van der Waals surface area (Å²) in [5.41, 5.74) is 13.1. The second-order valence-electron chi connectivity index (χ2n) is 8.18. The zero-order chi connectivity index (χ0) is 22.3. The van der Waals surface area contributed by atoms with E-state index in [0.717, 1.165) is 19.3 Å². The van der Waals surface area contributed by atoms with Crippen molar-refractivity contribution in [3.63, 3.8) is 0 Å². The molecule has 4 N–H and O–H groups in total. The Bertz CT molecular complexity index is 1120. The fraction of sp³-hybridized carbons (Fsp3) is 0.409. The number of rotatable bonds is 4. The molecule has 2 fully saturated rings. The fourth-order valence-electron chi connectivity index (χ4n) is 4.71. The largest absolute Gasteiger partial charge is 0.497 e. The lowest BCUT2D eigenvalue weighted by Gasteiger charge is -2.45. The molecular weight excluding hydrogens is 418 g/mol. The third-order valence-corrected chi connectivity index (χ3v) is 6.58. The van der Waals surface area contributed by atoms with Gasteiger partial charge in [-0.25, -0.2) is 4.68 Å². The van der Waals surface area contributed by atoms with Crippen LogP contribution in [0.2, 0.25) is 5.02 Å². The summed E-state index contributed by atoms with van der Waals surface area (Å²) in [6.07, 6.45) is 2.55. The maximum absolute atomic E-state index is 12.2. The Kier molecular flexibility index (Phi) is 5.31. The number of amides is 2. The number of hydrogen-bond acceptors (Lipinski definition) is 5. The van der Waals surface area contributed by atoms with Crippen LogP contribution < -0.4 is 16.2 Å². The summed E-state index contributed by atoms with van der Waals surface area (Å²) in [5.74, 6) is 5.31. The molecule has 0 atom stereocenters. The molecule has 0 unspecified atom stereocenters. The molecule has 162 valence electrons. The van der Waals surface area contributed by atoms with Crippen LogP contribution in [0.3, 0.4) is 0 Å². The number of carbonyl (C=O) groups excluding carboxylic acids is 2. The van der Waals surface area contributed by atoms with Crippen molar-refractivity contribution >= 4 is 29.2 Å². The molecule has 31 heavy (non-hydrogen) atoms. The molecule has 8 nitrogen and oxygen atoms in total. The van der Waals surface area contributed by atoms with Gasteiger partial charge in [0.05, 0.1) is 18.2 Å². The number of nitrogens with two attached hydrogens (primary N) is 2. The second kappa shape index (κ2) is 7.82. The third kappa shape index (κ3) is 3.59. The highest BCUT2D eigenvalue weighted by atomic mass is 35.5. The second-order valence-corrected chi connectivity index (χ2v) is 8.58. The minimum atomic E-state index is -0.657. The van der Waals surface area contributed by atoms with Gasteiger partial charge in [0.25, 0.3) is 11.8 Å². The van der Waals surface area contributed by atoms with Gasteiger partial charge in [0.1, 0.15) is 22.8 Å². The molecule has 1 aliphatic carbocycles. The normalized spacial score (nSPS) is 22.0. The number of aromatic nitrogens is 2. The lowest BCUT2D eigenvalue weighted by molar-refractivity contribution is -0.125. The number of methoxy groups -OCH3 is 1. The van der Waals surface area contributed by atoms with E-state index >= 15 is 0 Å². The molecule has 2 aromatic rings. The van der Waals surface area contributed by atoms with E-state index in [-0.39, 0.29) is 28.7 Å². The van der Waals surface area contributed by atoms with Crippen LogP contribution >= 0.6 is 11.6 Å². The highest BCUT2D eigenvalue weighted by Crippen LogP contribution is 2.54. The number of hydrogen-bond donors (Lipinski definition) is 2. The highest BCUT2D eigenvalue weighted by Gasteiger charge is 2.51. The average molecular weight is 442 g/mol. The zero-order valence-electron chi connectivity index (χ0n) is 17.4. The minimum Gasteiger partial charge on any atom is -0.497 e. The maximum Gasteiger partial charge on any atom is 0.298 e. The Morgan fingerprint density at radius 3 is 2.71 bits per heavy atom. The van der Waals surface area contributed by atoms with Crippen molar-refractivity contribution in [2.45, 2.75) is 32.2 Å². The third-order valence-electron chi connectivity index (χ3n) is 6.27. The maximum atomic E-state index is 12.2. The van der Waals surface area contributed by atoms with E-state index in [1.807, 2.05) is 0 Å². The summed E-state index contributed by atoms with van der Waals surface area (Å²) in [6, 6.07) is 5.15. The highest BCUT2D eigenvalue weighted by molar-refractivity contribution is 6.33. The summed E-state index contributed by atoms with van der Waals surface area (Å²) < 4.78 is 6.87. The molecule has 1 aliphatic heterocycles. The lowest BCUT2D eigenvalue weighted by Crippen LogP contribution is -2.42. The van der Waals surface area contributed by atoms with Crippen molar-refractivity contribution in [2.75, 3.05) is 25.9 Å². The van der Waals surface area contributed by atoms with E-state index < -0.39 is 5.91 Å². The van der Waals surface area contributed by atoms with Crippen molar-refractivity contribution in [2.24, 2.45) is 11.1 Å². The molecule has 1 spiro atoms. The quantitative estimate of drug-likeness (QED) is 0.707. The lowest BCUT2D eigenvalue weighted by atomic mass is 9.65. The monoisotopic (exact) mass is 441 g/mol. The van der Waals surface area contributed by atoms with Gasteiger partial charge in [-0.05, 0) is 55.7 Å². The van der Waals surface area contributed by atoms with Crippen molar-refractivity contribution in [1.29, 1.82) is 0 Å². The number of anilines is 1. The number of nitrogen functional groups attached to an aromatic ring is 1. The Morgan fingerprint density at radius 1 is 1.35 bits per heavy atom. The van der Waals surface area contributed by atoms with E-state index in [1.165, 1.54) is 0 Å². The predicted octanol–water partition coefficient (Wildman–Crippen LogP) is 2.47. The predicted molar refractivity (Wildman–Crippen MR) is 118 cm³/mol. The molecule has 2 aliphatic rings. The first-order chi connectivity index (χ1) is 14.8. The van der Waals surface area contributed by atoms with E-state index in [0.29, 0.717) is 35.1 Å². The van der Waals surface area contributed by atoms with E-state index in [9.17, 15) is 9.59 Å². The number of halogens is 1. The first kappa shape index (κ1) is 21.1. The van der Waals surface area contributed by atoms with Crippen LogP contribution in [-0.4, -0.2) is 46.7 Å². The molecule has 1 aromatic carbocycles. The Labute approximate surface area is 185 Å². The number of primary amides is 1. The van der Waals surface area contributed by atoms with Gasteiger partial charge in [-0.15, -0.1) is 0 Å². The van der Waals surface area contributed by atoms with E-state index in [2.05, 4.69) is 16.9 Å². The molecular formula is C22H24ClN5O3. The molecule has 1 saturated heterocycles. The molecule has 1 saturated carbocycles. The van der Waals surface area contributed by atoms with Crippen molar-refractivity contribution in [1.82, 2.24) is 14.7 Å². The van der Waals surface area contributed by atoms with Crippen LogP contribution in [0.25, 0.3) is 11.3 Å². The molecule has 9 heteroatoms. The number of carbonyl (C=O) groups is 2. The minimum absolute atomic E-state index is 0.0242. The molecule has 1 aromatic heterocycles. The Morgan fingerprint density at radius 2 is 2.10 bits per heavy atom. The number of likely N-dealkylation sites (tertiary alicyclic amines) is 1. The van der Waals surface area contributed by atoms with Crippen molar-refractivity contribution in [3.8, 4) is 28.8 Å². The van der Waals surface area contributed by atoms with Gasteiger partial charge >= 0.3 is 0 Å². The zero-order valence-corrected chi connectivity index (χ0v) is 18.2. The summed E-state index contributed by atoms with van der Waals surface area (Å²) >= 11 is 6.41. The fourth-order valence-corrected chi connectivity index (χ4v) is 4.97. The van der Waals surface area contributed by atoms with Gasteiger partial charge < -0.3 is 21.1 Å². The van der Waals surface area contributed by atoms with Crippen LogP contribution in [0.1, 0.15) is 42.6 Å². The summed E-state index contributed by atoms with van der Waals surface area (Å²) in [7, 11) is 1.55. The van der Waals surface area contributed by atoms with Gasteiger partial charge in [-0.3, -0.25) is 9.59 Å². The van der Waals surface area contributed by atoms with Gasteiger partial charge in [0.2, 0.25) is 0 Å². The number of nitrogens with zero attached hydrogens (tertiary/aromatic N) is 3. The van der Waals surface area contributed by atoms with Crippen LogP contribution in [0, 0.1) is 17.3 Å². The van der Waals surface area contributed by atoms with Gasteiger partial charge in [-0.2, -0.15) is 5.10 Å². The number of benzene rings is 1. The molecule has 4 rings (SSSR count). The summed E-state index contributed by atoms with van der Waals surface area (Å²) in [6.45, 7) is 3.04. The first-order valence-corrected chi connectivity index (χ1v) is 10.4. The summed E-state index contributed by atoms with van der Waals surface area (Å²) in [4.78, 5) is 26.1. The van der Waals surface area contributed by atoms with Crippen LogP contribution in [0.5, 0.6) is 5.75 Å². The van der Waals surface area contributed by atoms with Crippen molar-refractivity contribution < 1.29 is 14.3 Å². The van der Waals surface area contributed by atoms with Gasteiger partial charge in [0.15, 0.2) is 0 Å². The standard InChI is InChI=1S/C22H24ClN5O3/c1-3-4-17(29)27-8-7-22(12-27)10-13(11-22)28-20(24)18(21(25)30)19(26-28)15-6-5-14(31-2)9-16(15)23/h5-6,9,13H,7-8,10-12,24H2,1-2H3,(H2,25,30). The Balaban J connectivity index is 1.60. The van der Waals surface area contributed by atoms with Crippen molar-refractivity contribution in [3.05, 3.63) is 28.8 Å². The van der Waals surface area contributed by atoms with Crippen LogP contribution in [0.15, 0.2) is 18.2 Å². The van der Waals surface area contributed by atoms with Gasteiger partial charge in [-0.1, -0.05) is 17.5 Å². The van der Waals surface area contributed by atoms with Crippen LogP contribution in [0.4, 0.5) is 5.82 Å². The van der Waals surface area contributed by atoms with E-state index in [4.69, 9.17) is 27.8 Å². The average Bonchev–Trinajstić information content (AvgIpc) is 3.29. The Hall–Kier alpha value is -3.18. The number of ether oxygens (including phenoxy) is 1. The van der Waals surface area contributed by atoms with Gasteiger partial charge in [0, 0.05) is 18.7 Å². The smallest absolute Gasteiger partial charge is 0.298 e. The van der Waals surface area contributed by atoms with E-state index in [1.54, 1.807) is 41.8 Å². The SMILES string of the molecule is CC#CC(=O)N1CCC2(CC(n3nc(-c4ccc(OC)cc4Cl)c(C(N)=O)c3N)C2)C1. The summed E-state index contributed by atoms with van der Waals surface area (Å²) in [5, 5.41) is 5.03. The molecule has 2 heterocycles. The van der Waals surface area contributed by atoms with Crippen LogP contribution in [-0.2, 0) is 4.79 Å². The first-order valence-electron chi connectivity index (χ1n) is 10.0. The molecule has 2 amide bonds. The molecule has 0 radical (unpaired) electrons. The topological polar surface area (TPSA) is 116 Å². The molecule has 0 bridgehead atoms.